The van der Waals surface area contributed by atoms with Crippen molar-refractivity contribution in [3.05, 3.63) is 64.7 Å². The molecule has 0 unspecified atom stereocenters. The van der Waals surface area contributed by atoms with E-state index >= 15 is 0 Å². The summed E-state index contributed by atoms with van der Waals surface area (Å²) in [4.78, 5) is 25.1. The third kappa shape index (κ3) is 10.8. The minimum absolute atomic E-state index is 0.229. The van der Waals surface area contributed by atoms with Crippen LogP contribution in [0.1, 0.15) is 149 Å². The van der Waals surface area contributed by atoms with Gasteiger partial charge in [0.2, 0.25) is 5.82 Å². The highest BCUT2D eigenvalue weighted by Crippen LogP contribution is 2.37. The van der Waals surface area contributed by atoms with E-state index in [1.165, 1.54) is 95.1 Å². The molecule has 6 heteroatoms. The van der Waals surface area contributed by atoms with Crippen molar-refractivity contribution in [2.24, 2.45) is 5.92 Å². The van der Waals surface area contributed by atoms with Gasteiger partial charge in [0.1, 0.15) is 0 Å². The molecular formula is C36H50F2O4. The standard InChI is InChI=1S/C36H50F2O4/c1-3-5-7-8-9-10-11-13-25-41-33-24-23-31(34(37)35(33)38)36(40)42-26-32(39)30-21-19-29(20-22-30)28-17-15-27(16-18-28)14-12-6-4-2/h19-24,27-28H,3-18,25-26H2,1-2H3. The summed E-state index contributed by atoms with van der Waals surface area (Å²) in [7, 11) is 0. The number of esters is 1. The summed E-state index contributed by atoms with van der Waals surface area (Å²) >= 11 is 0. The molecule has 1 aliphatic rings. The zero-order valence-electron chi connectivity index (χ0n) is 25.7. The van der Waals surface area contributed by atoms with Crippen molar-refractivity contribution >= 4 is 11.8 Å². The molecule has 1 fully saturated rings. The Morgan fingerprint density at radius 3 is 2.02 bits per heavy atom. The van der Waals surface area contributed by atoms with Crippen molar-refractivity contribution in [2.75, 3.05) is 13.2 Å². The van der Waals surface area contributed by atoms with E-state index in [4.69, 9.17) is 9.47 Å². The van der Waals surface area contributed by atoms with Crippen LogP contribution in [0.4, 0.5) is 8.78 Å². The highest BCUT2D eigenvalue weighted by Gasteiger charge is 2.23. The number of Topliss-reactive ketones (excluding diaryl/α,β-unsaturated/α-hetero) is 1. The van der Waals surface area contributed by atoms with Crippen LogP contribution in [-0.2, 0) is 4.74 Å². The molecule has 0 aromatic heterocycles. The Bertz CT molecular complexity index is 1090. The Labute approximate surface area is 251 Å². The number of rotatable bonds is 19. The summed E-state index contributed by atoms with van der Waals surface area (Å²) in [5, 5.41) is 0. The van der Waals surface area contributed by atoms with E-state index in [9.17, 15) is 18.4 Å². The second-order valence-electron chi connectivity index (χ2n) is 11.9. The molecule has 2 aromatic carbocycles. The van der Waals surface area contributed by atoms with Gasteiger partial charge in [-0.25, -0.2) is 9.18 Å². The monoisotopic (exact) mass is 584 g/mol. The van der Waals surface area contributed by atoms with Gasteiger partial charge in [0.05, 0.1) is 12.2 Å². The average Bonchev–Trinajstić information content (AvgIpc) is 3.01. The number of hydrogen-bond donors (Lipinski definition) is 0. The SMILES string of the molecule is CCCCCCCCCCOc1ccc(C(=O)OCC(=O)c2ccc(C3CCC(CCCCC)CC3)cc2)c(F)c1F. The molecule has 0 atom stereocenters. The van der Waals surface area contributed by atoms with Gasteiger partial charge in [-0.3, -0.25) is 4.79 Å². The molecule has 0 N–H and O–H groups in total. The first-order chi connectivity index (χ1) is 20.4. The van der Waals surface area contributed by atoms with E-state index in [0.29, 0.717) is 11.5 Å². The van der Waals surface area contributed by atoms with E-state index in [1.807, 2.05) is 12.1 Å². The lowest BCUT2D eigenvalue weighted by atomic mass is 9.77. The summed E-state index contributed by atoms with van der Waals surface area (Å²) in [6, 6.07) is 9.87. The predicted octanol–water partition coefficient (Wildman–Crippen LogP) is 10.4. The predicted molar refractivity (Wildman–Crippen MR) is 164 cm³/mol. The Kier molecular flexibility index (Phi) is 15.0. The molecule has 1 saturated carbocycles. The van der Waals surface area contributed by atoms with Crippen molar-refractivity contribution in [2.45, 2.75) is 122 Å². The van der Waals surface area contributed by atoms with Gasteiger partial charge in [0, 0.05) is 5.56 Å². The maximum Gasteiger partial charge on any atom is 0.341 e. The normalized spacial score (nSPS) is 16.8. The van der Waals surface area contributed by atoms with Crippen LogP contribution in [0, 0.1) is 17.6 Å². The van der Waals surface area contributed by atoms with Gasteiger partial charge in [0.15, 0.2) is 24.0 Å². The zero-order valence-corrected chi connectivity index (χ0v) is 25.7. The maximum atomic E-state index is 14.6. The number of halogens is 2. The van der Waals surface area contributed by atoms with Crippen LogP contribution in [0.15, 0.2) is 36.4 Å². The molecular weight excluding hydrogens is 534 g/mol. The Morgan fingerprint density at radius 2 is 1.36 bits per heavy atom. The van der Waals surface area contributed by atoms with Gasteiger partial charge in [-0.05, 0) is 61.6 Å². The van der Waals surface area contributed by atoms with Crippen molar-refractivity contribution in [3.63, 3.8) is 0 Å². The molecule has 0 spiro atoms. The second kappa shape index (κ2) is 18.7. The van der Waals surface area contributed by atoms with Crippen LogP contribution in [0.2, 0.25) is 0 Å². The fourth-order valence-electron chi connectivity index (χ4n) is 5.92. The van der Waals surface area contributed by atoms with Crippen LogP contribution in [0.3, 0.4) is 0 Å². The van der Waals surface area contributed by atoms with E-state index in [2.05, 4.69) is 13.8 Å². The van der Waals surface area contributed by atoms with Gasteiger partial charge in [-0.15, -0.1) is 0 Å². The largest absolute Gasteiger partial charge is 0.490 e. The summed E-state index contributed by atoms with van der Waals surface area (Å²) < 4.78 is 39.6. The van der Waals surface area contributed by atoms with E-state index < -0.39 is 29.8 Å². The van der Waals surface area contributed by atoms with Gasteiger partial charge in [-0.1, -0.05) is 109 Å². The lowest BCUT2D eigenvalue weighted by Crippen LogP contribution is -2.16. The highest BCUT2D eigenvalue weighted by molar-refractivity contribution is 5.99. The van der Waals surface area contributed by atoms with E-state index in [0.717, 1.165) is 31.2 Å². The molecule has 3 rings (SSSR count). The molecule has 4 nitrogen and oxygen atoms in total. The Hall–Kier alpha value is -2.76. The molecule has 0 heterocycles. The number of hydrogen-bond acceptors (Lipinski definition) is 4. The number of benzene rings is 2. The number of ketones is 1. The average molecular weight is 585 g/mol. The number of carbonyl (C=O) groups excluding carboxylic acids is 2. The first-order valence-corrected chi connectivity index (χ1v) is 16.4. The third-order valence-corrected chi connectivity index (χ3v) is 8.62. The van der Waals surface area contributed by atoms with E-state index in [1.54, 1.807) is 12.1 Å². The Balaban J connectivity index is 1.40. The van der Waals surface area contributed by atoms with Crippen molar-refractivity contribution in [3.8, 4) is 5.75 Å². The van der Waals surface area contributed by atoms with Crippen LogP contribution >= 0.6 is 0 Å². The minimum Gasteiger partial charge on any atom is -0.490 e. The molecule has 0 saturated heterocycles. The van der Waals surface area contributed by atoms with Crippen molar-refractivity contribution in [1.29, 1.82) is 0 Å². The first-order valence-electron chi connectivity index (χ1n) is 16.4. The molecule has 0 aliphatic heterocycles. The smallest absolute Gasteiger partial charge is 0.341 e. The zero-order chi connectivity index (χ0) is 30.2. The number of unbranched alkanes of at least 4 members (excludes halogenated alkanes) is 9. The van der Waals surface area contributed by atoms with E-state index in [-0.39, 0.29) is 18.1 Å². The van der Waals surface area contributed by atoms with Gasteiger partial charge in [0.25, 0.3) is 0 Å². The molecule has 2 aromatic rings. The van der Waals surface area contributed by atoms with Crippen LogP contribution in [-0.4, -0.2) is 25.0 Å². The topological polar surface area (TPSA) is 52.6 Å². The molecule has 0 amide bonds. The first kappa shape index (κ1) is 33.7. The van der Waals surface area contributed by atoms with Crippen molar-refractivity contribution < 1.29 is 27.8 Å². The molecule has 0 bridgehead atoms. The fourth-order valence-corrected chi connectivity index (χ4v) is 5.92. The molecule has 232 valence electrons. The van der Waals surface area contributed by atoms with Gasteiger partial charge in [-0.2, -0.15) is 4.39 Å². The van der Waals surface area contributed by atoms with Gasteiger partial charge < -0.3 is 9.47 Å². The summed E-state index contributed by atoms with van der Waals surface area (Å²) in [5.74, 6) is -2.90. The lowest BCUT2D eigenvalue weighted by Gasteiger charge is -2.29. The summed E-state index contributed by atoms with van der Waals surface area (Å²) in [6.45, 7) is 4.17. The summed E-state index contributed by atoms with van der Waals surface area (Å²) in [5.41, 5.74) is 1.11. The maximum absolute atomic E-state index is 14.6. The quantitative estimate of drug-likeness (QED) is 0.0936. The highest BCUT2D eigenvalue weighted by atomic mass is 19.2. The molecule has 1 aliphatic carbocycles. The van der Waals surface area contributed by atoms with Gasteiger partial charge >= 0.3 is 5.97 Å². The number of ether oxygens (including phenoxy) is 2. The van der Waals surface area contributed by atoms with Crippen LogP contribution in [0.25, 0.3) is 0 Å². The van der Waals surface area contributed by atoms with Crippen LogP contribution < -0.4 is 4.74 Å². The summed E-state index contributed by atoms with van der Waals surface area (Å²) in [6.07, 6.45) is 19.1. The van der Waals surface area contributed by atoms with Crippen LogP contribution in [0.5, 0.6) is 5.75 Å². The Morgan fingerprint density at radius 1 is 0.738 bits per heavy atom. The molecule has 42 heavy (non-hydrogen) atoms. The fraction of sp³-hybridized carbons (Fsp3) is 0.611. The lowest BCUT2D eigenvalue weighted by molar-refractivity contribution is 0.0469. The second-order valence-corrected chi connectivity index (χ2v) is 11.9. The number of carbonyl (C=O) groups is 2. The molecule has 0 radical (unpaired) electrons. The minimum atomic E-state index is -1.33. The van der Waals surface area contributed by atoms with Crippen molar-refractivity contribution in [1.82, 2.24) is 0 Å². The third-order valence-electron chi connectivity index (χ3n) is 8.62.